The molecule has 4 rings (SSSR count). The van der Waals surface area contributed by atoms with Crippen molar-refractivity contribution in [3.05, 3.63) is 29.8 Å². The molecule has 1 aliphatic carbocycles. The fourth-order valence-electron chi connectivity index (χ4n) is 5.61. The van der Waals surface area contributed by atoms with Gasteiger partial charge in [0.25, 0.3) is 5.91 Å². The molecule has 33 heavy (non-hydrogen) atoms. The lowest BCUT2D eigenvalue weighted by Gasteiger charge is -2.46. The second kappa shape index (κ2) is 10.3. The van der Waals surface area contributed by atoms with Gasteiger partial charge in [-0.3, -0.25) is 4.79 Å². The molecule has 3 atom stereocenters. The number of benzene rings is 1. The summed E-state index contributed by atoms with van der Waals surface area (Å²) in [5, 5.41) is 0. The zero-order valence-corrected chi connectivity index (χ0v) is 21.7. The van der Waals surface area contributed by atoms with Gasteiger partial charge in [0, 0.05) is 32.2 Å². The quantitative estimate of drug-likeness (QED) is 0.438. The van der Waals surface area contributed by atoms with Gasteiger partial charge in [0.15, 0.2) is 5.60 Å². The van der Waals surface area contributed by atoms with Gasteiger partial charge in [-0.25, -0.2) is 0 Å². The third-order valence-electron chi connectivity index (χ3n) is 7.53. The van der Waals surface area contributed by atoms with E-state index in [0.29, 0.717) is 30.9 Å². The van der Waals surface area contributed by atoms with Crippen LogP contribution < -0.4 is 4.74 Å². The highest BCUT2D eigenvalue weighted by molar-refractivity contribution is 6.51. The van der Waals surface area contributed by atoms with Crippen molar-refractivity contribution in [2.24, 2.45) is 5.92 Å². The second-order valence-electron chi connectivity index (χ2n) is 10.4. The lowest BCUT2D eigenvalue weighted by Crippen LogP contribution is -2.55. The average molecular weight is 498 g/mol. The van der Waals surface area contributed by atoms with Gasteiger partial charge in [0.2, 0.25) is 0 Å². The number of amides is 1. The van der Waals surface area contributed by atoms with E-state index in [-0.39, 0.29) is 11.8 Å². The van der Waals surface area contributed by atoms with E-state index >= 15 is 0 Å². The van der Waals surface area contributed by atoms with Crippen LogP contribution in [0.5, 0.6) is 5.75 Å². The first-order chi connectivity index (χ1) is 15.7. The molecule has 1 aromatic carbocycles. The number of hydrogen-bond donors (Lipinski definition) is 0. The fourth-order valence-corrected chi connectivity index (χ4v) is 6.17. The summed E-state index contributed by atoms with van der Waals surface area (Å²) >= 11 is 12.4. The first kappa shape index (κ1) is 25.1. The fraction of sp³-hybridized carbons (Fsp3) is 0.731. The Morgan fingerprint density at radius 1 is 1.15 bits per heavy atom. The van der Waals surface area contributed by atoms with Crippen LogP contribution in [-0.2, 0) is 9.53 Å². The Hall–Kier alpha value is -1.01. The monoisotopic (exact) mass is 496 g/mol. The molecule has 0 N–H and O–H groups in total. The van der Waals surface area contributed by atoms with E-state index in [1.807, 2.05) is 43.0 Å². The molecule has 2 aliphatic heterocycles. The van der Waals surface area contributed by atoms with Crippen LogP contribution in [-0.4, -0.2) is 71.6 Å². The topological polar surface area (TPSA) is 42.0 Å². The van der Waals surface area contributed by atoms with Crippen molar-refractivity contribution < 1.29 is 14.3 Å². The Balaban J connectivity index is 1.42. The number of piperidine rings is 2. The van der Waals surface area contributed by atoms with Crippen LogP contribution in [0.4, 0.5) is 0 Å². The second-order valence-corrected chi connectivity index (χ2v) is 12.0. The van der Waals surface area contributed by atoms with E-state index in [4.69, 9.17) is 32.7 Å². The number of nitrogens with zero attached hydrogens (tertiary/aromatic N) is 2. The Morgan fingerprint density at radius 3 is 2.52 bits per heavy atom. The molecule has 5 nitrogen and oxygen atoms in total. The van der Waals surface area contributed by atoms with E-state index in [1.54, 1.807) is 7.11 Å². The average Bonchev–Trinajstić information content (AvgIpc) is 3.44. The molecule has 1 aromatic rings. The minimum absolute atomic E-state index is 0.0132. The SMILES string of the molecule is COCCN(CC1CCCN2CCCCC12)C(=O)C(C)(C)Oc1ccc(C2CC2(Cl)Cl)cc1. The number of ether oxygens (including phenoxy) is 2. The van der Waals surface area contributed by atoms with Gasteiger partial charge < -0.3 is 19.3 Å². The number of fused-ring (bicyclic) bond motifs is 1. The zero-order valence-electron chi connectivity index (χ0n) is 20.2. The van der Waals surface area contributed by atoms with Crippen LogP contribution in [0, 0.1) is 5.92 Å². The molecule has 3 unspecified atom stereocenters. The van der Waals surface area contributed by atoms with Gasteiger partial charge in [-0.05, 0) is 82.7 Å². The number of alkyl halides is 2. The summed E-state index contributed by atoms with van der Waals surface area (Å²) in [5.74, 6) is 1.37. The van der Waals surface area contributed by atoms with E-state index in [0.717, 1.165) is 18.5 Å². The Labute approximate surface area is 208 Å². The van der Waals surface area contributed by atoms with Gasteiger partial charge in [-0.2, -0.15) is 0 Å². The maximum Gasteiger partial charge on any atom is 0.266 e. The number of rotatable bonds is 9. The third kappa shape index (κ3) is 5.98. The molecule has 0 aromatic heterocycles. The van der Waals surface area contributed by atoms with Crippen molar-refractivity contribution in [2.45, 2.75) is 74.3 Å². The summed E-state index contributed by atoms with van der Waals surface area (Å²) in [5.41, 5.74) is 0.130. The maximum atomic E-state index is 13.7. The van der Waals surface area contributed by atoms with Crippen LogP contribution in [0.25, 0.3) is 0 Å². The summed E-state index contributed by atoms with van der Waals surface area (Å²) in [7, 11) is 1.69. The summed E-state index contributed by atoms with van der Waals surface area (Å²) in [6.45, 7) is 8.00. The number of hydrogen-bond acceptors (Lipinski definition) is 4. The predicted molar refractivity (Wildman–Crippen MR) is 133 cm³/mol. The normalized spacial score (nSPS) is 27.0. The summed E-state index contributed by atoms with van der Waals surface area (Å²) < 4.78 is 10.9. The van der Waals surface area contributed by atoms with Crippen molar-refractivity contribution in [1.82, 2.24) is 9.80 Å². The molecule has 184 valence electrons. The van der Waals surface area contributed by atoms with Crippen LogP contribution in [0.2, 0.25) is 0 Å². The molecule has 0 spiro atoms. The van der Waals surface area contributed by atoms with Crippen molar-refractivity contribution in [1.29, 1.82) is 0 Å². The zero-order chi connectivity index (χ0) is 23.6. The van der Waals surface area contributed by atoms with Gasteiger partial charge in [-0.1, -0.05) is 18.6 Å². The van der Waals surface area contributed by atoms with Crippen molar-refractivity contribution in [3.63, 3.8) is 0 Å². The number of carbonyl (C=O) groups is 1. The van der Waals surface area contributed by atoms with Gasteiger partial charge in [0.05, 0.1) is 6.61 Å². The third-order valence-corrected chi connectivity index (χ3v) is 8.37. The summed E-state index contributed by atoms with van der Waals surface area (Å²) in [6, 6.07) is 8.41. The number of carbonyl (C=O) groups excluding carboxylic acids is 1. The van der Waals surface area contributed by atoms with Crippen molar-refractivity contribution >= 4 is 29.1 Å². The molecule has 1 amide bonds. The van der Waals surface area contributed by atoms with Gasteiger partial charge in [0.1, 0.15) is 10.1 Å². The highest BCUT2D eigenvalue weighted by atomic mass is 35.5. The smallest absolute Gasteiger partial charge is 0.266 e. The first-order valence-corrected chi connectivity index (χ1v) is 13.2. The molecular formula is C26H38Cl2N2O3. The van der Waals surface area contributed by atoms with Crippen LogP contribution in [0.1, 0.15) is 63.9 Å². The molecule has 7 heteroatoms. The molecule has 0 radical (unpaired) electrons. The van der Waals surface area contributed by atoms with Crippen molar-refractivity contribution in [2.75, 3.05) is 39.9 Å². The molecule has 2 heterocycles. The molecule has 3 aliphatic rings. The first-order valence-electron chi connectivity index (χ1n) is 12.4. The summed E-state index contributed by atoms with van der Waals surface area (Å²) in [6.07, 6.45) is 7.01. The predicted octanol–water partition coefficient (Wildman–Crippen LogP) is 5.24. The molecule has 0 bridgehead atoms. The van der Waals surface area contributed by atoms with Gasteiger partial charge in [-0.15, -0.1) is 23.2 Å². The van der Waals surface area contributed by atoms with E-state index in [2.05, 4.69) is 4.90 Å². The minimum atomic E-state index is -0.974. The van der Waals surface area contributed by atoms with Crippen LogP contribution in [0.3, 0.4) is 0 Å². The Kier molecular flexibility index (Phi) is 7.84. The van der Waals surface area contributed by atoms with E-state index in [1.165, 1.54) is 45.2 Å². The Morgan fingerprint density at radius 2 is 1.85 bits per heavy atom. The minimum Gasteiger partial charge on any atom is -0.478 e. The van der Waals surface area contributed by atoms with E-state index < -0.39 is 9.93 Å². The Bertz CT molecular complexity index is 812. The summed E-state index contributed by atoms with van der Waals surface area (Å²) in [4.78, 5) is 18.3. The van der Waals surface area contributed by atoms with Crippen molar-refractivity contribution in [3.8, 4) is 5.75 Å². The van der Waals surface area contributed by atoms with Crippen LogP contribution in [0.15, 0.2) is 24.3 Å². The standard InChI is InChI=1S/C26H38Cl2N2O3/c1-25(2,33-21-11-9-19(10-12-21)22-17-26(22,27)28)24(31)30(15-16-32-3)18-20-7-6-14-29-13-5-4-8-23(20)29/h9-12,20,22-23H,4-8,13-18H2,1-3H3. The van der Waals surface area contributed by atoms with E-state index in [9.17, 15) is 4.79 Å². The number of methoxy groups -OCH3 is 1. The maximum absolute atomic E-state index is 13.7. The molecule has 2 saturated heterocycles. The number of halogens is 2. The lowest BCUT2D eigenvalue weighted by molar-refractivity contribution is -0.147. The lowest BCUT2D eigenvalue weighted by atomic mass is 9.83. The van der Waals surface area contributed by atoms with Gasteiger partial charge >= 0.3 is 0 Å². The molecule has 3 fully saturated rings. The highest BCUT2D eigenvalue weighted by Crippen LogP contribution is 2.59. The molecular weight excluding hydrogens is 459 g/mol. The largest absolute Gasteiger partial charge is 0.478 e. The molecule has 1 saturated carbocycles. The highest BCUT2D eigenvalue weighted by Gasteiger charge is 2.52. The van der Waals surface area contributed by atoms with Crippen LogP contribution >= 0.6 is 23.2 Å².